The van der Waals surface area contributed by atoms with Gasteiger partial charge in [-0.1, -0.05) is 6.07 Å². The maximum atomic E-state index is 13.7. The average molecular weight is 294 g/mol. The Morgan fingerprint density at radius 1 is 1.10 bits per heavy atom. The number of hydrogen-bond donors (Lipinski definition) is 1. The van der Waals surface area contributed by atoms with Gasteiger partial charge in [-0.15, -0.1) is 0 Å². The molecule has 2 aromatic rings. The molecule has 1 N–H and O–H groups in total. The van der Waals surface area contributed by atoms with Crippen LogP contribution < -0.4 is 9.47 Å². The number of aliphatic hydroxyl groups is 1. The van der Waals surface area contributed by atoms with Gasteiger partial charge in [-0.25, -0.2) is 8.78 Å². The van der Waals surface area contributed by atoms with Gasteiger partial charge in [0.15, 0.2) is 11.6 Å². The number of rotatable bonds is 5. The molecule has 2 aromatic carbocycles. The SMILES string of the molecule is COc1ccc(COc2ccc([C@H](C)O)c(F)c2)cc1F. The van der Waals surface area contributed by atoms with Gasteiger partial charge in [0.1, 0.15) is 18.2 Å². The monoisotopic (exact) mass is 294 g/mol. The summed E-state index contributed by atoms with van der Waals surface area (Å²) in [6.45, 7) is 1.59. The molecule has 0 aromatic heterocycles. The van der Waals surface area contributed by atoms with Crippen molar-refractivity contribution in [1.29, 1.82) is 0 Å². The number of aliphatic hydroxyl groups excluding tert-OH is 1. The van der Waals surface area contributed by atoms with Gasteiger partial charge in [0.2, 0.25) is 0 Å². The summed E-state index contributed by atoms with van der Waals surface area (Å²) in [5.41, 5.74) is 0.811. The molecule has 21 heavy (non-hydrogen) atoms. The van der Waals surface area contributed by atoms with E-state index in [1.165, 1.54) is 38.3 Å². The molecule has 2 rings (SSSR count). The molecule has 0 radical (unpaired) electrons. The maximum Gasteiger partial charge on any atom is 0.165 e. The lowest BCUT2D eigenvalue weighted by Crippen LogP contribution is -2.00. The van der Waals surface area contributed by atoms with Crippen LogP contribution in [0, 0.1) is 11.6 Å². The molecule has 112 valence electrons. The van der Waals surface area contributed by atoms with Gasteiger partial charge in [0.25, 0.3) is 0 Å². The predicted octanol–water partition coefficient (Wildman–Crippen LogP) is 3.61. The zero-order valence-electron chi connectivity index (χ0n) is 11.8. The average Bonchev–Trinajstić information content (AvgIpc) is 2.45. The Labute approximate surface area is 121 Å². The van der Waals surface area contributed by atoms with E-state index in [0.717, 1.165) is 0 Å². The second kappa shape index (κ2) is 6.54. The van der Waals surface area contributed by atoms with E-state index in [9.17, 15) is 13.9 Å². The van der Waals surface area contributed by atoms with Crippen LogP contribution in [0.1, 0.15) is 24.2 Å². The van der Waals surface area contributed by atoms with E-state index >= 15 is 0 Å². The molecule has 0 heterocycles. The van der Waals surface area contributed by atoms with E-state index in [1.54, 1.807) is 12.1 Å². The maximum absolute atomic E-state index is 13.7. The summed E-state index contributed by atoms with van der Waals surface area (Å²) in [5.74, 6) is -0.545. The fraction of sp³-hybridized carbons (Fsp3) is 0.250. The Kier molecular flexibility index (Phi) is 4.75. The molecular weight excluding hydrogens is 278 g/mol. The minimum atomic E-state index is -0.880. The summed E-state index contributed by atoms with van der Waals surface area (Å²) in [6, 6.07) is 8.70. The molecule has 0 bridgehead atoms. The lowest BCUT2D eigenvalue weighted by Gasteiger charge is -2.10. The Morgan fingerprint density at radius 3 is 2.43 bits per heavy atom. The zero-order chi connectivity index (χ0) is 15.4. The molecule has 1 atom stereocenters. The fourth-order valence-corrected chi connectivity index (χ4v) is 1.90. The summed E-state index contributed by atoms with van der Waals surface area (Å²) in [5, 5.41) is 9.35. The molecular formula is C16H16F2O3. The molecule has 5 heteroatoms. The van der Waals surface area contributed by atoms with E-state index in [-0.39, 0.29) is 17.9 Å². The van der Waals surface area contributed by atoms with Crippen molar-refractivity contribution in [2.45, 2.75) is 19.6 Å². The summed E-state index contributed by atoms with van der Waals surface area (Å²) < 4.78 is 37.4. The number of benzene rings is 2. The highest BCUT2D eigenvalue weighted by molar-refractivity contribution is 5.32. The van der Waals surface area contributed by atoms with Crippen molar-refractivity contribution in [1.82, 2.24) is 0 Å². The molecule has 0 saturated heterocycles. The van der Waals surface area contributed by atoms with Crippen molar-refractivity contribution in [3.63, 3.8) is 0 Å². The highest BCUT2D eigenvalue weighted by Gasteiger charge is 2.09. The summed E-state index contributed by atoms with van der Waals surface area (Å²) in [6.07, 6.45) is -0.880. The molecule has 0 spiro atoms. The highest BCUT2D eigenvalue weighted by atomic mass is 19.1. The first-order chi connectivity index (χ1) is 10.0. The van der Waals surface area contributed by atoms with E-state index in [2.05, 4.69) is 0 Å². The molecule has 0 unspecified atom stereocenters. The molecule has 3 nitrogen and oxygen atoms in total. The van der Waals surface area contributed by atoms with Crippen molar-refractivity contribution in [3.8, 4) is 11.5 Å². The van der Waals surface area contributed by atoms with E-state index < -0.39 is 17.7 Å². The Hall–Kier alpha value is -2.14. The molecule has 0 aliphatic carbocycles. The second-order valence-corrected chi connectivity index (χ2v) is 4.62. The molecule has 0 aliphatic heterocycles. The first kappa shape index (κ1) is 15.3. The highest BCUT2D eigenvalue weighted by Crippen LogP contribution is 2.23. The lowest BCUT2D eigenvalue weighted by molar-refractivity contribution is 0.194. The van der Waals surface area contributed by atoms with E-state index in [0.29, 0.717) is 11.3 Å². The van der Waals surface area contributed by atoms with Gasteiger partial charge in [-0.2, -0.15) is 0 Å². The van der Waals surface area contributed by atoms with Crippen LogP contribution in [-0.4, -0.2) is 12.2 Å². The lowest BCUT2D eigenvalue weighted by atomic mass is 10.1. The molecule has 0 fully saturated rings. The first-order valence-electron chi connectivity index (χ1n) is 6.44. The van der Waals surface area contributed by atoms with E-state index in [1.807, 2.05) is 0 Å². The third kappa shape index (κ3) is 3.70. The third-order valence-corrected chi connectivity index (χ3v) is 3.04. The number of hydrogen-bond acceptors (Lipinski definition) is 3. The molecule has 0 aliphatic rings. The standard InChI is InChI=1S/C16H16F2O3/c1-10(19)13-5-4-12(8-14(13)17)21-9-11-3-6-16(20-2)15(18)7-11/h3-8,10,19H,9H2,1-2H3/t10-/m0/s1. The van der Waals surface area contributed by atoms with Gasteiger partial charge < -0.3 is 14.6 Å². The minimum absolute atomic E-state index is 0.106. The quantitative estimate of drug-likeness (QED) is 0.915. The van der Waals surface area contributed by atoms with Crippen molar-refractivity contribution in [3.05, 3.63) is 59.2 Å². The summed E-state index contributed by atoms with van der Waals surface area (Å²) >= 11 is 0. The van der Waals surface area contributed by atoms with Crippen molar-refractivity contribution in [2.24, 2.45) is 0 Å². The van der Waals surface area contributed by atoms with Gasteiger partial charge in [0, 0.05) is 11.6 Å². The van der Waals surface area contributed by atoms with Crippen LogP contribution in [0.3, 0.4) is 0 Å². The van der Waals surface area contributed by atoms with Gasteiger partial charge >= 0.3 is 0 Å². The normalized spacial score (nSPS) is 12.0. The van der Waals surface area contributed by atoms with Crippen LogP contribution in [0.5, 0.6) is 11.5 Å². The van der Waals surface area contributed by atoms with Crippen LogP contribution >= 0.6 is 0 Å². The third-order valence-electron chi connectivity index (χ3n) is 3.04. The number of methoxy groups -OCH3 is 1. The number of halogens is 2. The van der Waals surface area contributed by atoms with Crippen LogP contribution in [0.15, 0.2) is 36.4 Å². The minimum Gasteiger partial charge on any atom is -0.494 e. The summed E-state index contributed by atoms with van der Waals surface area (Å²) in [4.78, 5) is 0. The molecule has 0 saturated carbocycles. The van der Waals surface area contributed by atoms with E-state index in [4.69, 9.17) is 9.47 Å². The Bertz CT molecular complexity index is 627. The Morgan fingerprint density at radius 2 is 1.86 bits per heavy atom. The van der Waals surface area contributed by atoms with Crippen LogP contribution in [0.25, 0.3) is 0 Å². The van der Waals surface area contributed by atoms with Crippen LogP contribution in [0.4, 0.5) is 8.78 Å². The zero-order valence-corrected chi connectivity index (χ0v) is 11.8. The Balaban J connectivity index is 2.06. The van der Waals surface area contributed by atoms with Gasteiger partial charge in [0.05, 0.1) is 13.2 Å². The fourth-order valence-electron chi connectivity index (χ4n) is 1.90. The van der Waals surface area contributed by atoms with Gasteiger partial charge in [-0.3, -0.25) is 0 Å². The molecule has 0 amide bonds. The largest absolute Gasteiger partial charge is 0.494 e. The smallest absolute Gasteiger partial charge is 0.165 e. The van der Waals surface area contributed by atoms with Crippen molar-refractivity contribution in [2.75, 3.05) is 7.11 Å². The summed E-state index contributed by atoms with van der Waals surface area (Å²) in [7, 11) is 1.39. The van der Waals surface area contributed by atoms with Crippen LogP contribution in [-0.2, 0) is 6.61 Å². The predicted molar refractivity (Wildman–Crippen MR) is 74.3 cm³/mol. The van der Waals surface area contributed by atoms with Crippen molar-refractivity contribution < 1.29 is 23.4 Å². The van der Waals surface area contributed by atoms with Gasteiger partial charge in [-0.05, 0) is 36.8 Å². The van der Waals surface area contributed by atoms with Crippen molar-refractivity contribution >= 4 is 0 Å². The first-order valence-corrected chi connectivity index (χ1v) is 6.44. The topological polar surface area (TPSA) is 38.7 Å². The van der Waals surface area contributed by atoms with Crippen LogP contribution in [0.2, 0.25) is 0 Å². The number of ether oxygens (including phenoxy) is 2. The second-order valence-electron chi connectivity index (χ2n) is 4.62.